The first-order valence-electron chi connectivity index (χ1n) is 6.88. The number of fused-ring (bicyclic) bond motifs is 1. The van der Waals surface area contributed by atoms with Gasteiger partial charge < -0.3 is 9.84 Å². The molecule has 0 aromatic heterocycles. The minimum absolute atomic E-state index is 0.243. The second-order valence-electron chi connectivity index (χ2n) is 5.11. The number of rotatable bonds is 4. The van der Waals surface area contributed by atoms with Crippen molar-refractivity contribution in [2.45, 2.75) is 30.4 Å². The second kappa shape index (κ2) is 5.90. The van der Waals surface area contributed by atoms with Gasteiger partial charge in [0.2, 0.25) is 0 Å². The number of hydrogen-bond donors (Lipinski definition) is 1. The van der Waals surface area contributed by atoms with Crippen LogP contribution in [0, 0.1) is 0 Å². The molecule has 0 amide bonds. The molecule has 1 N–H and O–H groups in total. The van der Waals surface area contributed by atoms with Gasteiger partial charge in [0.15, 0.2) is 0 Å². The Bertz CT molecular complexity index is 570. The Balaban J connectivity index is 1.60. The van der Waals surface area contributed by atoms with Gasteiger partial charge in [-0.05, 0) is 36.2 Å². The smallest absolute Gasteiger partial charge is 0.123 e. The van der Waals surface area contributed by atoms with E-state index >= 15 is 0 Å². The Kier molecular flexibility index (Phi) is 3.99. The van der Waals surface area contributed by atoms with Crippen molar-refractivity contribution < 1.29 is 9.84 Å². The van der Waals surface area contributed by atoms with Crippen LogP contribution in [0.1, 0.15) is 24.2 Å². The van der Waals surface area contributed by atoms with Gasteiger partial charge >= 0.3 is 0 Å². The number of benzene rings is 2. The monoisotopic (exact) mass is 286 g/mol. The van der Waals surface area contributed by atoms with Gasteiger partial charge in [-0.2, -0.15) is 0 Å². The van der Waals surface area contributed by atoms with Gasteiger partial charge in [-0.15, -0.1) is 11.8 Å². The average molecular weight is 286 g/mol. The molecule has 1 aliphatic rings. The van der Waals surface area contributed by atoms with Crippen LogP contribution >= 0.6 is 11.8 Å². The standard InChI is InChI=1S/C17H18O2S/c1-12(18)13-6-4-7-16(10-13)20-11-15-9-14-5-2-3-8-17(14)19-15/h2-8,10,12,15,18H,9,11H2,1H3. The van der Waals surface area contributed by atoms with E-state index in [1.54, 1.807) is 18.7 Å². The fourth-order valence-electron chi connectivity index (χ4n) is 2.40. The molecule has 2 nitrogen and oxygen atoms in total. The molecule has 0 radical (unpaired) electrons. The lowest BCUT2D eigenvalue weighted by molar-refractivity contribution is 0.199. The fourth-order valence-corrected chi connectivity index (χ4v) is 3.36. The molecule has 0 aliphatic carbocycles. The van der Waals surface area contributed by atoms with Crippen LogP contribution in [0.2, 0.25) is 0 Å². The normalized spacial score (nSPS) is 18.4. The van der Waals surface area contributed by atoms with Crippen molar-refractivity contribution in [3.8, 4) is 5.75 Å². The summed E-state index contributed by atoms with van der Waals surface area (Å²) >= 11 is 1.78. The van der Waals surface area contributed by atoms with Crippen molar-refractivity contribution in [3.63, 3.8) is 0 Å². The molecule has 0 spiro atoms. The number of aliphatic hydroxyl groups is 1. The van der Waals surface area contributed by atoms with Crippen molar-refractivity contribution in [2.24, 2.45) is 0 Å². The number of hydrogen-bond acceptors (Lipinski definition) is 3. The van der Waals surface area contributed by atoms with E-state index in [1.807, 2.05) is 24.3 Å². The van der Waals surface area contributed by atoms with Gasteiger partial charge in [-0.25, -0.2) is 0 Å². The molecule has 3 heteroatoms. The van der Waals surface area contributed by atoms with E-state index in [2.05, 4.69) is 24.3 Å². The highest BCUT2D eigenvalue weighted by Gasteiger charge is 2.22. The zero-order chi connectivity index (χ0) is 13.9. The molecule has 2 unspecified atom stereocenters. The molecule has 20 heavy (non-hydrogen) atoms. The van der Waals surface area contributed by atoms with Crippen molar-refractivity contribution >= 4 is 11.8 Å². The van der Waals surface area contributed by atoms with E-state index in [0.717, 1.165) is 23.5 Å². The summed E-state index contributed by atoms with van der Waals surface area (Å²) in [7, 11) is 0. The van der Waals surface area contributed by atoms with Crippen molar-refractivity contribution in [3.05, 3.63) is 59.7 Å². The molecule has 1 heterocycles. The Labute approximate surface area is 123 Å². The first-order valence-corrected chi connectivity index (χ1v) is 7.86. The number of para-hydroxylation sites is 1. The third kappa shape index (κ3) is 3.00. The predicted molar refractivity (Wildman–Crippen MR) is 82.4 cm³/mol. The van der Waals surface area contributed by atoms with Gasteiger partial charge in [0.1, 0.15) is 11.9 Å². The van der Waals surface area contributed by atoms with Crippen LogP contribution in [0.15, 0.2) is 53.4 Å². The molecule has 2 aromatic rings. The van der Waals surface area contributed by atoms with Crippen LogP contribution in [-0.4, -0.2) is 17.0 Å². The third-order valence-electron chi connectivity index (χ3n) is 3.49. The largest absolute Gasteiger partial charge is 0.489 e. The topological polar surface area (TPSA) is 29.5 Å². The highest BCUT2D eigenvalue weighted by atomic mass is 32.2. The van der Waals surface area contributed by atoms with E-state index in [0.29, 0.717) is 0 Å². The van der Waals surface area contributed by atoms with E-state index in [1.165, 1.54) is 10.5 Å². The lowest BCUT2D eigenvalue weighted by Crippen LogP contribution is -2.15. The summed E-state index contributed by atoms with van der Waals surface area (Å²) in [6, 6.07) is 16.3. The minimum atomic E-state index is -0.414. The average Bonchev–Trinajstić information content (AvgIpc) is 2.88. The zero-order valence-corrected chi connectivity index (χ0v) is 12.3. The van der Waals surface area contributed by atoms with Crippen LogP contribution in [-0.2, 0) is 6.42 Å². The van der Waals surface area contributed by atoms with Crippen LogP contribution in [0.3, 0.4) is 0 Å². The predicted octanol–water partition coefficient (Wildman–Crippen LogP) is 3.84. The zero-order valence-electron chi connectivity index (χ0n) is 11.5. The maximum Gasteiger partial charge on any atom is 0.123 e. The quantitative estimate of drug-likeness (QED) is 0.866. The second-order valence-corrected chi connectivity index (χ2v) is 6.20. The fraction of sp³-hybridized carbons (Fsp3) is 0.294. The molecule has 3 rings (SSSR count). The maximum atomic E-state index is 9.61. The van der Waals surface area contributed by atoms with Gasteiger partial charge in [0.05, 0.1) is 6.10 Å². The van der Waals surface area contributed by atoms with Crippen LogP contribution < -0.4 is 4.74 Å². The molecule has 1 aliphatic heterocycles. The summed E-state index contributed by atoms with van der Waals surface area (Å²) in [5, 5.41) is 9.61. The Morgan fingerprint density at radius 2 is 2.10 bits per heavy atom. The van der Waals surface area contributed by atoms with Crippen molar-refractivity contribution in [1.82, 2.24) is 0 Å². The van der Waals surface area contributed by atoms with Crippen molar-refractivity contribution in [2.75, 3.05) is 5.75 Å². The molecular formula is C17H18O2S. The molecule has 0 bridgehead atoms. The van der Waals surface area contributed by atoms with Crippen LogP contribution in [0.25, 0.3) is 0 Å². The first-order chi connectivity index (χ1) is 9.72. The van der Waals surface area contributed by atoms with E-state index in [9.17, 15) is 5.11 Å². The Morgan fingerprint density at radius 3 is 2.90 bits per heavy atom. The summed E-state index contributed by atoms with van der Waals surface area (Å²) < 4.78 is 5.94. The summed E-state index contributed by atoms with van der Waals surface area (Å²) in [4.78, 5) is 1.18. The molecule has 0 fully saturated rings. The third-order valence-corrected chi connectivity index (χ3v) is 4.62. The summed E-state index contributed by atoms with van der Waals surface area (Å²) in [5.41, 5.74) is 2.27. The van der Waals surface area contributed by atoms with Gasteiger partial charge in [0, 0.05) is 17.1 Å². The number of thioether (sulfide) groups is 1. The molecular weight excluding hydrogens is 268 g/mol. The summed E-state index contributed by atoms with van der Waals surface area (Å²) in [5.74, 6) is 1.95. The van der Waals surface area contributed by atoms with Crippen LogP contribution in [0.4, 0.5) is 0 Å². The number of ether oxygens (including phenoxy) is 1. The molecule has 0 saturated carbocycles. The molecule has 2 atom stereocenters. The van der Waals surface area contributed by atoms with E-state index in [-0.39, 0.29) is 6.10 Å². The summed E-state index contributed by atoms with van der Waals surface area (Å²) in [6.45, 7) is 1.79. The highest BCUT2D eigenvalue weighted by Crippen LogP contribution is 2.31. The van der Waals surface area contributed by atoms with E-state index < -0.39 is 6.10 Å². The van der Waals surface area contributed by atoms with Crippen molar-refractivity contribution in [1.29, 1.82) is 0 Å². The van der Waals surface area contributed by atoms with Gasteiger partial charge in [-0.1, -0.05) is 30.3 Å². The Morgan fingerprint density at radius 1 is 1.25 bits per heavy atom. The van der Waals surface area contributed by atoms with E-state index in [4.69, 9.17) is 4.74 Å². The van der Waals surface area contributed by atoms with Crippen LogP contribution in [0.5, 0.6) is 5.75 Å². The Hall–Kier alpha value is -1.45. The SMILES string of the molecule is CC(O)c1cccc(SCC2Cc3ccccc3O2)c1. The van der Waals surface area contributed by atoms with Gasteiger partial charge in [0.25, 0.3) is 0 Å². The molecule has 104 valence electrons. The molecule has 2 aromatic carbocycles. The maximum absolute atomic E-state index is 9.61. The summed E-state index contributed by atoms with van der Waals surface area (Å²) in [6.07, 6.45) is 0.814. The molecule has 0 saturated heterocycles. The lowest BCUT2D eigenvalue weighted by Gasteiger charge is -2.11. The first kappa shape index (κ1) is 13.5. The highest BCUT2D eigenvalue weighted by molar-refractivity contribution is 7.99. The number of aliphatic hydroxyl groups excluding tert-OH is 1. The minimum Gasteiger partial charge on any atom is -0.489 e. The van der Waals surface area contributed by atoms with Gasteiger partial charge in [-0.3, -0.25) is 0 Å². The lowest BCUT2D eigenvalue weighted by atomic mass is 10.1.